The molecule has 0 aromatic carbocycles. The summed E-state index contributed by atoms with van der Waals surface area (Å²) in [5, 5.41) is 14.8. The van der Waals surface area contributed by atoms with Gasteiger partial charge in [0.2, 0.25) is 11.8 Å². The molecule has 8 nitrogen and oxygen atoms in total. The van der Waals surface area contributed by atoms with Crippen LogP contribution in [0.25, 0.3) is 0 Å². The van der Waals surface area contributed by atoms with Crippen LogP contribution in [0.2, 0.25) is 0 Å². The van der Waals surface area contributed by atoms with Crippen molar-refractivity contribution in [2.75, 3.05) is 6.61 Å². The zero-order valence-electron chi connectivity index (χ0n) is 16.7. The summed E-state index contributed by atoms with van der Waals surface area (Å²) < 4.78 is 5.84. The molecule has 0 spiro atoms. The molecule has 2 atom stereocenters. The molecule has 30 heavy (non-hydrogen) atoms. The van der Waals surface area contributed by atoms with E-state index in [-0.39, 0.29) is 29.0 Å². The average molecular weight is 402 g/mol. The van der Waals surface area contributed by atoms with E-state index in [1.807, 2.05) is 37.5 Å². The molecule has 152 valence electrons. The number of hydrazone groups is 1. The van der Waals surface area contributed by atoms with Gasteiger partial charge in [-0.2, -0.15) is 10.4 Å². The minimum atomic E-state index is -0.114. The average Bonchev–Trinajstić information content (AvgIpc) is 3.46. The first-order valence-corrected chi connectivity index (χ1v) is 10.2. The van der Waals surface area contributed by atoms with E-state index in [0.29, 0.717) is 24.8 Å². The molecule has 2 aromatic rings. The molecule has 0 N–H and O–H groups in total. The third-order valence-electron chi connectivity index (χ3n) is 6.53. The van der Waals surface area contributed by atoms with Crippen LogP contribution in [-0.4, -0.2) is 38.7 Å². The number of nitriles is 1. The summed E-state index contributed by atoms with van der Waals surface area (Å²) in [5.74, 6) is 0.870. The summed E-state index contributed by atoms with van der Waals surface area (Å²) in [6.07, 6.45) is 10.00. The van der Waals surface area contributed by atoms with Gasteiger partial charge in [0.05, 0.1) is 24.7 Å². The molecule has 3 heterocycles. The molecule has 6 rings (SSSR count). The van der Waals surface area contributed by atoms with Gasteiger partial charge in [0.25, 0.3) is 0 Å². The van der Waals surface area contributed by atoms with Crippen molar-refractivity contribution in [3.8, 4) is 11.9 Å². The van der Waals surface area contributed by atoms with E-state index < -0.39 is 0 Å². The lowest BCUT2D eigenvalue weighted by molar-refractivity contribution is -0.138. The Hall–Kier alpha value is -3.34. The van der Waals surface area contributed by atoms with E-state index in [4.69, 9.17) is 10.00 Å². The lowest BCUT2D eigenvalue weighted by atomic mass is 9.70. The second-order valence-electron chi connectivity index (χ2n) is 8.61. The Morgan fingerprint density at radius 2 is 2.10 bits per heavy atom. The van der Waals surface area contributed by atoms with E-state index in [9.17, 15) is 4.79 Å². The monoisotopic (exact) mass is 402 g/mol. The zero-order valence-corrected chi connectivity index (χ0v) is 16.7. The molecule has 1 amide bonds. The summed E-state index contributed by atoms with van der Waals surface area (Å²) in [4.78, 5) is 25.9. The fraction of sp³-hybridized carbons (Fsp3) is 0.455. The van der Waals surface area contributed by atoms with Crippen molar-refractivity contribution in [3.05, 3.63) is 47.7 Å². The summed E-state index contributed by atoms with van der Waals surface area (Å²) in [7, 11) is 0. The number of carbonyl (C=O) groups is 1. The Balaban J connectivity index is 1.23. The molecule has 2 bridgehead atoms. The largest absolute Gasteiger partial charge is 0.476 e. The number of ether oxygens (including phenoxy) is 1. The number of carbonyl (C=O) groups excluding carboxylic acids is 1. The van der Waals surface area contributed by atoms with Crippen molar-refractivity contribution >= 4 is 12.1 Å². The van der Waals surface area contributed by atoms with Crippen LogP contribution in [0.15, 0.2) is 35.8 Å². The summed E-state index contributed by atoms with van der Waals surface area (Å²) >= 11 is 0. The highest BCUT2D eigenvalue weighted by molar-refractivity contribution is 5.83. The smallest absolute Gasteiger partial charge is 0.246 e. The van der Waals surface area contributed by atoms with Crippen molar-refractivity contribution in [2.45, 2.75) is 38.6 Å². The second-order valence-corrected chi connectivity index (χ2v) is 8.61. The van der Waals surface area contributed by atoms with E-state index in [1.165, 1.54) is 12.4 Å². The normalized spacial score (nSPS) is 28.8. The van der Waals surface area contributed by atoms with Gasteiger partial charge >= 0.3 is 0 Å². The van der Waals surface area contributed by atoms with Crippen LogP contribution in [0.3, 0.4) is 0 Å². The first-order chi connectivity index (χ1) is 14.6. The molecular weight excluding hydrogens is 380 g/mol. The number of hydrogen-bond donors (Lipinski definition) is 0. The molecule has 0 radical (unpaired) electrons. The minimum absolute atomic E-state index is 0.0155. The molecule has 8 heteroatoms. The number of nitrogens with zero attached hydrogens (tertiary/aromatic N) is 6. The molecule has 3 saturated carbocycles. The SMILES string of the molecule is Cc1ccc(C2CC=NN2C(=O)C2CC3(COc4cnc(C#N)cn4)CC2C3)nc1. The number of aromatic nitrogens is 3. The fourth-order valence-corrected chi connectivity index (χ4v) is 5.00. The van der Waals surface area contributed by atoms with E-state index >= 15 is 0 Å². The lowest BCUT2D eigenvalue weighted by Gasteiger charge is -2.38. The number of pyridine rings is 1. The highest BCUT2D eigenvalue weighted by Gasteiger charge is 2.59. The molecule has 2 aromatic heterocycles. The topological polar surface area (TPSA) is 104 Å². The Bertz CT molecular complexity index is 1020. The van der Waals surface area contributed by atoms with E-state index in [1.54, 1.807) is 5.01 Å². The standard InChI is InChI=1S/C22H22N6O2/c1-14-2-3-18(25-10-14)19-4-5-27-28(19)21(29)17-8-22(6-15(17)7-22)13-30-20-12-24-16(9-23)11-26-20/h2-3,5,10-12,15,17,19H,4,6-8,13H2,1H3. The van der Waals surface area contributed by atoms with Crippen molar-refractivity contribution in [1.82, 2.24) is 20.0 Å². The quantitative estimate of drug-likeness (QED) is 0.762. The van der Waals surface area contributed by atoms with E-state index in [0.717, 1.165) is 30.5 Å². The predicted octanol–water partition coefficient (Wildman–Crippen LogP) is 2.81. The molecular formula is C22H22N6O2. The van der Waals surface area contributed by atoms with Gasteiger partial charge < -0.3 is 4.74 Å². The number of amides is 1. The number of fused-ring (bicyclic) bond motifs is 1. The molecule has 3 fully saturated rings. The first kappa shape index (κ1) is 18.7. The van der Waals surface area contributed by atoms with Gasteiger partial charge in [0, 0.05) is 30.2 Å². The number of rotatable bonds is 5. The van der Waals surface area contributed by atoms with Crippen LogP contribution in [0.5, 0.6) is 5.88 Å². The fourth-order valence-electron chi connectivity index (χ4n) is 5.00. The molecule has 3 aliphatic carbocycles. The van der Waals surface area contributed by atoms with Gasteiger partial charge in [0.1, 0.15) is 12.1 Å². The van der Waals surface area contributed by atoms with Crippen LogP contribution >= 0.6 is 0 Å². The van der Waals surface area contributed by atoms with Gasteiger partial charge in [-0.3, -0.25) is 9.78 Å². The maximum Gasteiger partial charge on any atom is 0.246 e. The van der Waals surface area contributed by atoms with Crippen LogP contribution in [0.1, 0.15) is 48.7 Å². The Labute approximate surface area is 174 Å². The summed E-state index contributed by atoms with van der Waals surface area (Å²) in [6, 6.07) is 5.83. The van der Waals surface area contributed by atoms with Crippen molar-refractivity contribution in [1.29, 1.82) is 5.26 Å². The number of hydrogen-bond acceptors (Lipinski definition) is 7. The van der Waals surface area contributed by atoms with Crippen molar-refractivity contribution in [2.24, 2.45) is 22.4 Å². The second kappa shape index (κ2) is 7.17. The van der Waals surface area contributed by atoms with Crippen molar-refractivity contribution < 1.29 is 9.53 Å². The summed E-state index contributed by atoms with van der Waals surface area (Å²) in [6.45, 7) is 2.52. The van der Waals surface area contributed by atoms with Gasteiger partial charge in [0.15, 0.2) is 5.69 Å². The summed E-state index contributed by atoms with van der Waals surface area (Å²) in [5.41, 5.74) is 2.26. The third kappa shape index (κ3) is 3.20. The molecule has 2 unspecified atom stereocenters. The molecule has 4 aliphatic rings. The third-order valence-corrected chi connectivity index (χ3v) is 6.53. The van der Waals surface area contributed by atoms with Gasteiger partial charge in [-0.15, -0.1) is 0 Å². The van der Waals surface area contributed by atoms with Gasteiger partial charge in [-0.1, -0.05) is 6.07 Å². The van der Waals surface area contributed by atoms with Crippen molar-refractivity contribution in [3.63, 3.8) is 0 Å². The highest BCUT2D eigenvalue weighted by Crippen LogP contribution is 2.62. The highest BCUT2D eigenvalue weighted by atomic mass is 16.5. The minimum Gasteiger partial charge on any atom is -0.476 e. The van der Waals surface area contributed by atoms with E-state index in [2.05, 4.69) is 20.1 Å². The Morgan fingerprint density at radius 3 is 2.80 bits per heavy atom. The van der Waals surface area contributed by atoms with Crippen LogP contribution in [-0.2, 0) is 4.79 Å². The van der Waals surface area contributed by atoms with Crippen LogP contribution in [0.4, 0.5) is 0 Å². The number of aryl methyl sites for hydroxylation is 1. The van der Waals surface area contributed by atoms with Crippen LogP contribution < -0.4 is 4.74 Å². The van der Waals surface area contributed by atoms with Crippen LogP contribution in [0, 0.1) is 35.5 Å². The molecule has 0 saturated heterocycles. The maximum absolute atomic E-state index is 13.3. The predicted molar refractivity (Wildman–Crippen MR) is 107 cm³/mol. The zero-order chi connectivity index (χ0) is 20.7. The van der Waals surface area contributed by atoms with Gasteiger partial charge in [-0.05, 0) is 43.7 Å². The molecule has 1 aliphatic heterocycles. The van der Waals surface area contributed by atoms with Gasteiger partial charge in [-0.25, -0.2) is 15.0 Å². The Kier molecular flexibility index (Phi) is 4.46. The lowest BCUT2D eigenvalue weighted by Crippen LogP contribution is -2.36. The maximum atomic E-state index is 13.3. The Morgan fingerprint density at radius 1 is 1.23 bits per heavy atom. The first-order valence-electron chi connectivity index (χ1n) is 10.2.